The molecule has 0 radical (unpaired) electrons. The first-order chi connectivity index (χ1) is 10.2. The second-order valence-corrected chi connectivity index (χ2v) is 5.80. The number of hydrogen-bond donors (Lipinski definition) is 1. The molecule has 2 amide bonds. The average Bonchev–Trinajstić information content (AvgIpc) is 3.11. The molecule has 1 saturated heterocycles. The van der Waals surface area contributed by atoms with Crippen LogP contribution in [0.3, 0.4) is 0 Å². The van der Waals surface area contributed by atoms with Gasteiger partial charge in [-0.05, 0) is 19.3 Å². The van der Waals surface area contributed by atoms with Crippen LogP contribution in [-0.2, 0) is 22.7 Å². The molecular formula is C14H21N5O2. The SMILES string of the molecule is CCCn1ncnc1CN1C(=O)CNC(=O)C12CCCC2. The fraction of sp³-hybridized carbons (Fsp3) is 0.714. The highest BCUT2D eigenvalue weighted by atomic mass is 16.2. The van der Waals surface area contributed by atoms with E-state index in [1.165, 1.54) is 6.33 Å². The average molecular weight is 291 g/mol. The van der Waals surface area contributed by atoms with E-state index in [2.05, 4.69) is 22.3 Å². The van der Waals surface area contributed by atoms with Gasteiger partial charge in [0.1, 0.15) is 17.7 Å². The van der Waals surface area contributed by atoms with Crippen molar-refractivity contribution in [1.29, 1.82) is 0 Å². The molecule has 7 heteroatoms. The van der Waals surface area contributed by atoms with E-state index in [0.29, 0.717) is 6.54 Å². The summed E-state index contributed by atoms with van der Waals surface area (Å²) in [7, 11) is 0. The van der Waals surface area contributed by atoms with E-state index in [0.717, 1.165) is 44.5 Å². The molecule has 1 aromatic heterocycles. The summed E-state index contributed by atoms with van der Waals surface area (Å²) in [4.78, 5) is 30.7. The lowest BCUT2D eigenvalue weighted by molar-refractivity contribution is -0.154. The molecule has 0 unspecified atom stereocenters. The van der Waals surface area contributed by atoms with Gasteiger partial charge in [-0.2, -0.15) is 5.10 Å². The van der Waals surface area contributed by atoms with Crippen LogP contribution in [0.25, 0.3) is 0 Å². The minimum atomic E-state index is -0.668. The van der Waals surface area contributed by atoms with Crippen LogP contribution < -0.4 is 5.32 Å². The second-order valence-electron chi connectivity index (χ2n) is 5.80. The number of rotatable bonds is 4. The van der Waals surface area contributed by atoms with Crippen LogP contribution in [0.1, 0.15) is 44.9 Å². The molecule has 1 aromatic rings. The van der Waals surface area contributed by atoms with Gasteiger partial charge >= 0.3 is 0 Å². The molecule has 114 valence electrons. The zero-order valence-corrected chi connectivity index (χ0v) is 12.3. The molecule has 0 atom stereocenters. The predicted octanol–water partition coefficient (Wildman–Crippen LogP) is 0.459. The van der Waals surface area contributed by atoms with Gasteiger partial charge in [-0.25, -0.2) is 9.67 Å². The summed E-state index contributed by atoms with van der Waals surface area (Å²) in [6.07, 6.45) is 5.92. The highest BCUT2D eigenvalue weighted by Gasteiger charge is 2.51. The minimum Gasteiger partial charge on any atom is -0.345 e. The van der Waals surface area contributed by atoms with Crippen LogP contribution in [-0.4, -0.2) is 43.6 Å². The molecule has 7 nitrogen and oxygen atoms in total. The van der Waals surface area contributed by atoms with Crippen LogP contribution in [0, 0.1) is 0 Å². The van der Waals surface area contributed by atoms with Crippen LogP contribution in [0.5, 0.6) is 0 Å². The molecule has 1 N–H and O–H groups in total. The Labute approximate surface area is 123 Å². The Morgan fingerprint density at radius 1 is 1.33 bits per heavy atom. The van der Waals surface area contributed by atoms with Crippen LogP contribution in [0.2, 0.25) is 0 Å². The number of nitrogens with zero attached hydrogens (tertiary/aromatic N) is 4. The molecule has 0 aromatic carbocycles. The van der Waals surface area contributed by atoms with Crippen LogP contribution in [0.15, 0.2) is 6.33 Å². The van der Waals surface area contributed by atoms with Crippen molar-refractivity contribution in [3.05, 3.63) is 12.2 Å². The van der Waals surface area contributed by atoms with Gasteiger partial charge in [-0.3, -0.25) is 9.59 Å². The third-order valence-corrected chi connectivity index (χ3v) is 4.50. The Kier molecular flexibility index (Phi) is 3.65. The van der Waals surface area contributed by atoms with Crippen molar-refractivity contribution in [3.63, 3.8) is 0 Å². The number of aromatic nitrogens is 3. The van der Waals surface area contributed by atoms with Crippen molar-refractivity contribution in [3.8, 4) is 0 Å². The molecule has 3 rings (SSSR count). The summed E-state index contributed by atoms with van der Waals surface area (Å²) in [5.41, 5.74) is -0.668. The monoisotopic (exact) mass is 291 g/mol. The largest absolute Gasteiger partial charge is 0.345 e. The Bertz CT molecular complexity index is 547. The Hall–Kier alpha value is -1.92. The van der Waals surface area contributed by atoms with E-state index in [1.807, 2.05) is 4.68 Å². The lowest BCUT2D eigenvalue weighted by Crippen LogP contribution is -2.65. The smallest absolute Gasteiger partial charge is 0.246 e. The highest BCUT2D eigenvalue weighted by molar-refractivity contribution is 5.98. The molecule has 1 saturated carbocycles. The van der Waals surface area contributed by atoms with E-state index < -0.39 is 5.54 Å². The van der Waals surface area contributed by atoms with E-state index in [-0.39, 0.29) is 18.4 Å². The maximum atomic E-state index is 12.4. The third-order valence-electron chi connectivity index (χ3n) is 4.50. The van der Waals surface area contributed by atoms with Crippen molar-refractivity contribution < 1.29 is 9.59 Å². The van der Waals surface area contributed by atoms with Crippen molar-refractivity contribution in [2.75, 3.05) is 6.54 Å². The third kappa shape index (κ3) is 2.30. The van der Waals surface area contributed by atoms with Gasteiger partial charge in [0.25, 0.3) is 0 Å². The molecule has 2 heterocycles. The maximum absolute atomic E-state index is 12.4. The molecule has 1 spiro atoms. The van der Waals surface area contributed by atoms with E-state index in [4.69, 9.17) is 0 Å². The normalized spacial score (nSPS) is 21.1. The first kappa shape index (κ1) is 14.0. The number of piperazine rings is 1. The Morgan fingerprint density at radius 2 is 2.10 bits per heavy atom. The number of amides is 2. The van der Waals surface area contributed by atoms with Crippen molar-refractivity contribution in [1.82, 2.24) is 25.0 Å². The molecule has 1 aliphatic carbocycles. The minimum absolute atomic E-state index is 0.0128. The number of aryl methyl sites for hydroxylation is 1. The van der Waals surface area contributed by atoms with Gasteiger partial charge in [0.15, 0.2) is 0 Å². The summed E-state index contributed by atoms with van der Waals surface area (Å²) >= 11 is 0. The van der Waals surface area contributed by atoms with Crippen molar-refractivity contribution in [2.45, 2.75) is 57.7 Å². The maximum Gasteiger partial charge on any atom is 0.246 e. The van der Waals surface area contributed by atoms with E-state index in [9.17, 15) is 9.59 Å². The van der Waals surface area contributed by atoms with Crippen molar-refractivity contribution >= 4 is 11.8 Å². The summed E-state index contributed by atoms with van der Waals surface area (Å²) in [5, 5.41) is 6.94. The lowest BCUT2D eigenvalue weighted by atomic mass is 9.91. The highest BCUT2D eigenvalue weighted by Crippen LogP contribution is 2.37. The quantitative estimate of drug-likeness (QED) is 0.874. The Balaban J connectivity index is 1.88. The molecule has 21 heavy (non-hydrogen) atoms. The standard InChI is InChI=1S/C14H21N5O2/c1-2-7-19-11(16-10-17-19)9-18-12(20)8-15-13(21)14(18)5-3-4-6-14/h10H,2-9H2,1H3,(H,15,21). The zero-order valence-electron chi connectivity index (χ0n) is 12.3. The summed E-state index contributed by atoms with van der Waals surface area (Å²) < 4.78 is 1.82. The van der Waals surface area contributed by atoms with E-state index >= 15 is 0 Å². The fourth-order valence-electron chi connectivity index (χ4n) is 3.42. The topological polar surface area (TPSA) is 80.1 Å². The Morgan fingerprint density at radius 3 is 2.81 bits per heavy atom. The van der Waals surface area contributed by atoms with Gasteiger partial charge in [0, 0.05) is 6.54 Å². The molecule has 1 aliphatic heterocycles. The molecule has 0 bridgehead atoms. The van der Waals surface area contributed by atoms with Crippen molar-refractivity contribution in [2.24, 2.45) is 0 Å². The van der Waals surface area contributed by atoms with Gasteiger partial charge < -0.3 is 10.2 Å². The number of carbonyl (C=O) groups is 2. The zero-order chi connectivity index (χ0) is 14.9. The molecule has 2 fully saturated rings. The molecular weight excluding hydrogens is 270 g/mol. The second kappa shape index (κ2) is 5.46. The number of hydrogen-bond acceptors (Lipinski definition) is 4. The fourth-order valence-corrected chi connectivity index (χ4v) is 3.42. The summed E-state index contributed by atoms with van der Waals surface area (Å²) in [6.45, 7) is 3.30. The number of carbonyl (C=O) groups excluding carboxylic acids is 2. The van der Waals surface area contributed by atoms with Gasteiger partial charge in [0.2, 0.25) is 11.8 Å². The van der Waals surface area contributed by atoms with Crippen LogP contribution >= 0.6 is 0 Å². The predicted molar refractivity (Wildman–Crippen MR) is 75.1 cm³/mol. The van der Waals surface area contributed by atoms with Gasteiger partial charge in [-0.1, -0.05) is 19.8 Å². The van der Waals surface area contributed by atoms with Gasteiger partial charge in [0.05, 0.1) is 13.1 Å². The summed E-state index contributed by atoms with van der Waals surface area (Å²) in [5.74, 6) is 0.717. The first-order valence-corrected chi connectivity index (χ1v) is 7.63. The van der Waals surface area contributed by atoms with Crippen LogP contribution in [0.4, 0.5) is 0 Å². The molecule has 2 aliphatic rings. The summed E-state index contributed by atoms with van der Waals surface area (Å²) in [6, 6.07) is 0. The number of nitrogens with one attached hydrogen (secondary N) is 1. The lowest BCUT2D eigenvalue weighted by Gasteiger charge is -2.43. The first-order valence-electron chi connectivity index (χ1n) is 7.63. The van der Waals surface area contributed by atoms with Gasteiger partial charge in [-0.15, -0.1) is 0 Å². The van der Waals surface area contributed by atoms with E-state index in [1.54, 1.807) is 4.90 Å².